The monoisotopic (exact) mass is 278 g/mol. The molecule has 1 unspecified atom stereocenters. The Balaban J connectivity index is 2.51. The third kappa shape index (κ3) is 5.85. The average Bonchev–Trinajstić information content (AvgIpc) is 2.39. The summed E-state index contributed by atoms with van der Waals surface area (Å²) in [5, 5.41) is 27.8. The van der Waals surface area contributed by atoms with E-state index in [0.29, 0.717) is 19.4 Å². The molecule has 0 spiro atoms. The first kappa shape index (κ1) is 15.5. The molecule has 7 heteroatoms. The van der Waals surface area contributed by atoms with Gasteiger partial charge in [-0.05, 0) is 42.7 Å². The molecule has 1 rings (SSSR count). The second kappa shape index (κ2) is 7.78. The summed E-state index contributed by atoms with van der Waals surface area (Å²) in [5.74, 6) is -0.987. The standard InChI is InChI=1S/C13H18N4O3/c14-13(15)16-7-1-2-11(12(19)20)17-8-9-3-5-10(18)6-4-9/h3-6,8,11,18H,1-2,7H2,(H,19,20)(H4,14,15,16)/b17-8+. The molecule has 1 aromatic rings. The summed E-state index contributed by atoms with van der Waals surface area (Å²) >= 11 is 0. The zero-order valence-corrected chi connectivity index (χ0v) is 10.9. The molecule has 0 aliphatic heterocycles. The lowest BCUT2D eigenvalue weighted by Crippen LogP contribution is -2.31. The number of carboxylic acids is 1. The number of aromatic hydroxyl groups is 1. The van der Waals surface area contributed by atoms with E-state index in [4.69, 9.17) is 21.4 Å². The van der Waals surface area contributed by atoms with Gasteiger partial charge in [0, 0.05) is 12.8 Å². The van der Waals surface area contributed by atoms with E-state index < -0.39 is 12.0 Å². The number of aliphatic carboxylic acids is 1. The fourth-order valence-electron chi connectivity index (χ4n) is 1.52. The summed E-state index contributed by atoms with van der Waals surface area (Å²) in [7, 11) is 0. The Hall–Kier alpha value is -2.57. The molecule has 0 saturated carbocycles. The van der Waals surface area contributed by atoms with E-state index >= 15 is 0 Å². The van der Waals surface area contributed by atoms with Crippen LogP contribution in [0.25, 0.3) is 0 Å². The average molecular weight is 278 g/mol. The molecule has 0 aliphatic carbocycles. The summed E-state index contributed by atoms with van der Waals surface area (Å²) in [6, 6.07) is 5.48. The van der Waals surface area contributed by atoms with Crippen LogP contribution in [0.3, 0.4) is 0 Å². The van der Waals surface area contributed by atoms with E-state index in [1.165, 1.54) is 18.3 Å². The summed E-state index contributed by atoms with van der Waals surface area (Å²) < 4.78 is 0. The molecular formula is C13H18N4O3. The van der Waals surface area contributed by atoms with Gasteiger partial charge in [0.1, 0.15) is 11.8 Å². The van der Waals surface area contributed by atoms with Crippen LogP contribution in [0.2, 0.25) is 0 Å². The summed E-state index contributed by atoms with van der Waals surface area (Å²) in [6.45, 7) is 0.438. The lowest BCUT2D eigenvalue weighted by Gasteiger charge is -2.08. The van der Waals surface area contributed by atoms with Crippen LogP contribution in [-0.4, -0.2) is 40.9 Å². The quantitative estimate of drug-likeness (QED) is 0.282. The van der Waals surface area contributed by atoms with Gasteiger partial charge in [0.2, 0.25) is 0 Å². The van der Waals surface area contributed by atoms with Crippen LogP contribution >= 0.6 is 0 Å². The third-order valence-corrected chi connectivity index (χ3v) is 2.55. The predicted molar refractivity (Wildman–Crippen MR) is 76.3 cm³/mol. The number of rotatable bonds is 7. The molecular weight excluding hydrogens is 260 g/mol. The number of phenols is 1. The maximum Gasteiger partial charge on any atom is 0.328 e. The first-order valence-electron chi connectivity index (χ1n) is 6.12. The van der Waals surface area contributed by atoms with Crippen LogP contribution in [0, 0.1) is 5.41 Å². The van der Waals surface area contributed by atoms with E-state index in [2.05, 4.69) is 10.3 Å². The van der Waals surface area contributed by atoms with Crippen LogP contribution in [0.1, 0.15) is 18.4 Å². The van der Waals surface area contributed by atoms with Gasteiger partial charge in [-0.1, -0.05) is 0 Å². The predicted octanol–water partition coefficient (Wildman–Crippen LogP) is 0.528. The smallest absolute Gasteiger partial charge is 0.328 e. The number of carbonyl (C=O) groups is 1. The van der Waals surface area contributed by atoms with Crippen molar-refractivity contribution in [2.24, 2.45) is 10.7 Å². The Morgan fingerprint density at radius 1 is 1.45 bits per heavy atom. The topological polar surface area (TPSA) is 132 Å². The highest BCUT2D eigenvalue weighted by Gasteiger charge is 2.14. The number of hydrogen-bond acceptors (Lipinski definition) is 4. The molecule has 7 nitrogen and oxygen atoms in total. The minimum atomic E-state index is -0.997. The third-order valence-electron chi connectivity index (χ3n) is 2.55. The van der Waals surface area contributed by atoms with Crippen molar-refractivity contribution in [2.75, 3.05) is 6.54 Å². The molecule has 0 aromatic heterocycles. The van der Waals surface area contributed by atoms with Gasteiger partial charge in [0.05, 0.1) is 0 Å². The minimum Gasteiger partial charge on any atom is -0.508 e. The van der Waals surface area contributed by atoms with Crippen molar-refractivity contribution < 1.29 is 15.0 Å². The van der Waals surface area contributed by atoms with Crippen molar-refractivity contribution in [1.82, 2.24) is 5.32 Å². The van der Waals surface area contributed by atoms with Gasteiger partial charge in [-0.3, -0.25) is 10.4 Å². The molecule has 0 aliphatic rings. The number of nitrogens with one attached hydrogen (secondary N) is 2. The Morgan fingerprint density at radius 3 is 2.65 bits per heavy atom. The number of benzene rings is 1. The van der Waals surface area contributed by atoms with Gasteiger partial charge < -0.3 is 21.3 Å². The Morgan fingerprint density at radius 2 is 2.10 bits per heavy atom. The van der Waals surface area contributed by atoms with Gasteiger partial charge in [0.15, 0.2) is 5.96 Å². The zero-order chi connectivity index (χ0) is 15.0. The number of aliphatic imine (C=N–C) groups is 1. The second-order valence-corrected chi connectivity index (χ2v) is 4.21. The van der Waals surface area contributed by atoms with Crippen molar-refractivity contribution in [3.8, 4) is 5.75 Å². The second-order valence-electron chi connectivity index (χ2n) is 4.21. The van der Waals surface area contributed by atoms with Gasteiger partial charge in [0.25, 0.3) is 0 Å². The number of carboxylic acid groups (broad SMARTS) is 1. The van der Waals surface area contributed by atoms with Crippen LogP contribution in [0.15, 0.2) is 29.3 Å². The fraction of sp³-hybridized carbons (Fsp3) is 0.308. The molecule has 1 aromatic carbocycles. The van der Waals surface area contributed by atoms with Crippen molar-refractivity contribution in [3.05, 3.63) is 29.8 Å². The van der Waals surface area contributed by atoms with Crippen molar-refractivity contribution in [1.29, 1.82) is 5.41 Å². The van der Waals surface area contributed by atoms with E-state index in [0.717, 1.165) is 5.56 Å². The lowest BCUT2D eigenvalue weighted by atomic mass is 10.1. The Kier molecular flexibility index (Phi) is 6.02. The molecule has 0 saturated heterocycles. The Bertz CT molecular complexity index is 485. The molecule has 6 N–H and O–H groups in total. The van der Waals surface area contributed by atoms with Crippen molar-refractivity contribution in [2.45, 2.75) is 18.9 Å². The molecule has 0 fully saturated rings. The number of nitrogens with two attached hydrogens (primary N) is 1. The van der Waals surface area contributed by atoms with E-state index in [-0.39, 0.29) is 11.7 Å². The lowest BCUT2D eigenvalue weighted by molar-refractivity contribution is -0.138. The van der Waals surface area contributed by atoms with Crippen LogP contribution < -0.4 is 11.1 Å². The number of hydrogen-bond donors (Lipinski definition) is 5. The summed E-state index contributed by atoms with van der Waals surface area (Å²) in [4.78, 5) is 15.1. The maximum atomic E-state index is 11.1. The molecule has 1 atom stereocenters. The van der Waals surface area contributed by atoms with Gasteiger partial charge in [-0.15, -0.1) is 0 Å². The molecule has 0 amide bonds. The molecule has 20 heavy (non-hydrogen) atoms. The fourth-order valence-corrected chi connectivity index (χ4v) is 1.52. The van der Waals surface area contributed by atoms with E-state index in [9.17, 15) is 4.79 Å². The maximum absolute atomic E-state index is 11.1. The van der Waals surface area contributed by atoms with Crippen molar-refractivity contribution >= 4 is 18.1 Å². The van der Waals surface area contributed by atoms with E-state index in [1.807, 2.05) is 0 Å². The van der Waals surface area contributed by atoms with Gasteiger partial charge in [-0.2, -0.15) is 0 Å². The SMILES string of the molecule is N=C(N)NCCCC(/N=C/c1ccc(O)cc1)C(=O)O. The van der Waals surface area contributed by atoms with Crippen molar-refractivity contribution in [3.63, 3.8) is 0 Å². The highest BCUT2D eigenvalue weighted by Crippen LogP contribution is 2.09. The largest absolute Gasteiger partial charge is 0.508 e. The highest BCUT2D eigenvalue weighted by atomic mass is 16.4. The molecule has 108 valence electrons. The number of guanidine groups is 1. The minimum absolute atomic E-state index is 0.135. The number of nitrogens with zero attached hydrogens (tertiary/aromatic N) is 1. The highest BCUT2D eigenvalue weighted by molar-refractivity contribution is 5.83. The van der Waals surface area contributed by atoms with Gasteiger partial charge >= 0.3 is 5.97 Å². The van der Waals surface area contributed by atoms with Crippen LogP contribution in [-0.2, 0) is 4.79 Å². The molecule has 0 heterocycles. The first-order valence-corrected chi connectivity index (χ1v) is 6.12. The molecule has 0 radical (unpaired) electrons. The summed E-state index contributed by atoms with van der Waals surface area (Å²) in [5.41, 5.74) is 5.84. The van der Waals surface area contributed by atoms with Crippen LogP contribution in [0.4, 0.5) is 0 Å². The van der Waals surface area contributed by atoms with Crippen LogP contribution in [0.5, 0.6) is 5.75 Å². The molecule has 0 bridgehead atoms. The van der Waals surface area contributed by atoms with Gasteiger partial charge in [-0.25, -0.2) is 4.79 Å². The zero-order valence-electron chi connectivity index (χ0n) is 10.9. The normalized spacial score (nSPS) is 12.2. The van der Waals surface area contributed by atoms with E-state index in [1.54, 1.807) is 12.1 Å². The summed E-state index contributed by atoms with van der Waals surface area (Å²) in [6.07, 6.45) is 2.37. The first-order chi connectivity index (χ1) is 9.49. The Labute approximate surface area is 116 Å². The number of phenolic OH excluding ortho intramolecular Hbond substituents is 1.